The number of aryl methyl sites for hydroxylation is 3. The standard InChI is InChI=1S/C14H20N4/c1-4-13-16-14(5-2)18(17-13)12-7-6-11(9-15)10(3)8-12/h6-8H,4-5,9,15H2,1-3H3. The van der Waals surface area contributed by atoms with E-state index < -0.39 is 0 Å². The number of hydrogen-bond acceptors (Lipinski definition) is 3. The molecule has 0 saturated carbocycles. The fourth-order valence-electron chi connectivity index (χ4n) is 2.02. The van der Waals surface area contributed by atoms with Gasteiger partial charge in [0, 0.05) is 19.4 Å². The molecule has 1 aromatic carbocycles. The van der Waals surface area contributed by atoms with E-state index >= 15 is 0 Å². The van der Waals surface area contributed by atoms with Gasteiger partial charge in [-0.05, 0) is 30.2 Å². The molecule has 1 aromatic heterocycles. The summed E-state index contributed by atoms with van der Waals surface area (Å²) in [5.41, 5.74) is 9.12. The highest BCUT2D eigenvalue weighted by molar-refractivity contribution is 5.40. The van der Waals surface area contributed by atoms with Gasteiger partial charge in [-0.15, -0.1) is 0 Å². The van der Waals surface area contributed by atoms with E-state index in [4.69, 9.17) is 5.73 Å². The Morgan fingerprint density at radius 2 is 2.00 bits per heavy atom. The smallest absolute Gasteiger partial charge is 0.151 e. The molecule has 2 rings (SSSR count). The molecule has 0 radical (unpaired) electrons. The summed E-state index contributed by atoms with van der Waals surface area (Å²) in [7, 11) is 0. The van der Waals surface area contributed by atoms with Crippen LogP contribution in [-0.4, -0.2) is 14.8 Å². The van der Waals surface area contributed by atoms with Crippen LogP contribution in [0.2, 0.25) is 0 Å². The minimum absolute atomic E-state index is 0.574. The van der Waals surface area contributed by atoms with Crippen LogP contribution < -0.4 is 5.73 Å². The van der Waals surface area contributed by atoms with Gasteiger partial charge in [0.05, 0.1) is 5.69 Å². The Morgan fingerprint density at radius 3 is 2.56 bits per heavy atom. The first-order chi connectivity index (χ1) is 8.69. The largest absolute Gasteiger partial charge is 0.326 e. The summed E-state index contributed by atoms with van der Waals surface area (Å²) in [5, 5.41) is 4.54. The van der Waals surface area contributed by atoms with E-state index in [0.717, 1.165) is 30.2 Å². The van der Waals surface area contributed by atoms with Crippen molar-refractivity contribution in [3.05, 3.63) is 41.0 Å². The number of rotatable bonds is 4. The van der Waals surface area contributed by atoms with Crippen LogP contribution in [-0.2, 0) is 19.4 Å². The lowest BCUT2D eigenvalue weighted by Crippen LogP contribution is -2.05. The molecule has 96 valence electrons. The van der Waals surface area contributed by atoms with Crippen LogP contribution in [0.4, 0.5) is 0 Å². The molecule has 0 aliphatic heterocycles. The molecule has 0 aliphatic rings. The molecule has 18 heavy (non-hydrogen) atoms. The molecule has 0 bridgehead atoms. The second kappa shape index (κ2) is 5.31. The van der Waals surface area contributed by atoms with Gasteiger partial charge in [0.1, 0.15) is 5.82 Å². The van der Waals surface area contributed by atoms with E-state index in [-0.39, 0.29) is 0 Å². The summed E-state index contributed by atoms with van der Waals surface area (Å²) in [6, 6.07) is 6.25. The maximum absolute atomic E-state index is 5.69. The SMILES string of the molecule is CCc1nc(CC)n(-c2ccc(CN)c(C)c2)n1. The maximum atomic E-state index is 5.69. The number of nitrogens with two attached hydrogens (primary N) is 1. The number of aromatic nitrogens is 3. The first-order valence-electron chi connectivity index (χ1n) is 6.44. The summed E-state index contributed by atoms with van der Waals surface area (Å²) < 4.78 is 1.94. The van der Waals surface area contributed by atoms with E-state index in [9.17, 15) is 0 Å². The summed E-state index contributed by atoms with van der Waals surface area (Å²) >= 11 is 0. The van der Waals surface area contributed by atoms with Gasteiger partial charge in [-0.25, -0.2) is 9.67 Å². The first-order valence-corrected chi connectivity index (χ1v) is 6.44. The predicted molar refractivity (Wildman–Crippen MR) is 72.7 cm³/mol. The quantitative estimate of drug-likeness (QED) is 0.896. The van der Waals surface area contributed by atoms with Gasteiger partial charge in [-0.1, -0.05) is 19.9 Å². The van der Waals surface area contributed by atoms with Crippen molar-refractivity contribution in [2.45, 2.75) is 40.2 Å². The minimum Gasteiger partial charge on any atom is -0.326 e. The van der Waals surface area contributed by atoms with Crippen molar-refractivity contribution in [3.63, 3.8) is 0 Å². The van der Waals surface area contributed by atoms with Crippen molar-refractivity contribution >= 4 is 0 Å². The van der Waals surface area contributed by atoms with Crippen LogP contribution in [0.15, 0.2) is 18.2 Å². The van der Waals surface area contributed by atoms with Crippen LogP contribution in [0.3, 0.4) is 0 Å². The van der Waals surface area contributed by atoms with Gasteiger partial charge in [0.25, 0.3) is 0 Å². The van der Waals surface area contributed by atoms with E-state index in [1.807, 2.05) is 4.68 Å². The molecule has 0 spiro atoms. The van der Waals surface area contributed by atoms with Gasteiger partial charge in [-0.3, -0.25) is 0 Å². The summed E-state index contributed by atoms with van der Waals surface area (Å²) in [6.07, 6.45) is 1.74. The highest BCUT2D eigenvalue weighted by Gasteiger charge is 2.09. The predicted octanol–water partition coefficient (Wildman–Crippen LogP) is 2.16. The van der Waals surface area contributed by atoms with Gasteiger partial charge in [0.2, 0.25) is 0 Å². The Hall–Kier alpha value is -1.68. The highest BCUT2D eigenvalue weighted by Crippen LogP contribution is 2.16. The van der Waals surface area contributed by atoms with Crippen molar-refractivity contribution in [2.24, 2.45) is 5.73 Å². The normalized spacial score (nSPS) is 10.9. The molecule has 0 amide bonds. The molecule has 0 fully saturated rings. The Balaban J connectivity index is 2.47. The Kier molecular flexibility index (Phi) is 3.77. The fourth-order valence-corrected chi connectivity index (χ4v) is 2.02. The van der Waals surface area contributed by atoms with Crippen molar-refractivity contribution in [2.75, 3.05) is 0 Å². The monoisotopic (exact) mass is 244 g/mol. The summed E-state index contributed by atoms with van der Waals surface area (Å²) in [5.74, 6) is 1.90. The summed E-state index contributed by atoms with van der Waals surface area (Å²) in [6.45, 7) is 6.82. The van der Waals surface area contributed by atoms with Crippen molar-refractivity contribution < 1.29 is 0 Å². The van der Waals surface area contributed by atoms with Crippen LogP contribution >= 0.6 is 0 Å². The third-order valence-corrected chi connectivity index (χ3v) is 3.14. The second-order valence-electron chi connectivity index (χ2n) is 4.38. The average molecular weight is 244 g/mol. The van der Waals surface area contributed by atoms with Crippen LogP contribution in [0.25, 0.3) is 5.69 Å². The average Bonchev–Trinajstić information content (AvgIpc) is 2.82. The van der Waals surface area contributed by atoms with Gasteiger partial charge >= 0.3 is 0 Å². The molecule has 1 heterocycles. The molecule has 4 heteroatoms. The summed E-state index contributed by atoms with van der Waals surface area (Å²) in [4.78, 5) is 4.52. The first kappa shape index (κ1) is 12.8. The van der Waals surface area contributed by atoms with Crippen LogP contribution in [0.1, 0.15) is 36.6 Å². The third kappa shape index (κ3) is 2.29. The van der Waals surface area contributed by atoms with E-state index in [2.05, 4.69) is 49.1 Å². The lowest BCUT2D eigenvalue weighted by atomic mass is 10.1. The van der Waals surface area contributed by atoms with E-state index in [1.54, 1.807) is 0 Å². The van der Waals surface area contributed by atoms with Crippen molar-refractivity contribution in [1.29, 1.82) is 0 Å². The Morgan fingerprint density at radius 1 is 1.22 bits per heavy atom. The lowest BCUT2D eigenvalue weighted by molar-refractivity contribution is 0.789. The number of benzene rings is 1. The van der Waals surface area contributed by atoms with E-state index in [0.29, 0.717) is 6.54 Å². The molecule has 0 unspecified atom stereocenters. The zero-order valence-electron chi connectivity index (χ0n) is 11.3. The molecule has 0 aliphatic carbocycles. The maximum Gasteiger partial charge on any atom is 0.151 e. The second-order valence-corrected chi connectivity index (χ2v) is 4.38. The van der Waals surface area contributed by atoms with Gasteiger partial charge in [0.15, 0.2) is 5.82 Å². The topological polar surface area (TPSA) is 56.7 Å². The fraction of sp³-hybridized carbons (Fsp3) is 0.429. The molecule has 4 nitrogen and oxygen atoms in total. The molecule has 2 N–H and O–H groups in total. The van der Waals surface area contributed by atoms with Crippen molar-refractivity contribution in [3.8, 4) is 5.69 Å². The van der Waals surface area contributed by atoms with Crippen LogP contribution in [0.5, 0.6) is 0 Å². The lowest BCUT2D eigenvalue weighted by Gasteiger charge is -2.08. The van der Waals surface area contributed by atoms with E-state index in [1.165, 1.54) is 11.1 Å². The Labute approximate surface area is 108 Å². The van der Waals surface area contributed by atoms with Gasteiger partial charge in [-0.2, -0.15) is 5.10 Å². The molecule has 0 atom stereocenters. The van der Waals surface area contributed by atoms with Crippen LogP contribution in [0, 0.1) is 6.92 Å². The zero-order chi connectivity index (χ0) is 13.1. The minimum atomic E-state index is 0.574. The zero-order valence-corrected chi connectivity index (χ0v) is 11.3. The number of hydrogen-bond donors (Lipinski definition) is 1. The van der Waals surface area contributed by atoms with Crippen molar-refractivity contribution in [1.82, 2.24) is 14.8 Å². The molecular weight excluding hydrogens is 224 g/mol. The Bertz CT molecular complexity index is 543. The molecule has 2 aromatic rings. The number of nitrogens with zero attached hydrogens (tertiary/aromatic N) is 3. The molecule has 0 saturated heterocycles. The van der Waals surface area contributed by atoms with Gasteiger partial charge < -0.3 is 5.73 Å². The third-order valence-electron chi connectivity index (χ3n) is 3.14. The highest BCUT2D eigenvalue weighted by atomic mass is 15.3. The molecular formula is C14H20N4.